The Bertz CT molecular complexity index is 1010. The number of aliphatic hydroxyl groups is 1. The second kappa shape index (κ2) is 11.7. The van der Waals surface area contributed by atoms with E-state index < -0.39 is 21.3 Å². The van der Waals surface area contributed by atoms with E-state index in [1.807, 2.05) is 6.92 Å². The van der Waals surface area contributed by atoms with E-state index in [-0.39, 0.29) is 12.1 Å². The SMILES string of the molecule is CC[C@H]1C[C@@H]2C(CC[C@]3(C)C([C@H](C)C[C@H](C)NC(=O)NS(=O)(=O)C4CCCCC4)CC[C@@H]23)[C@@]2(C)CC[C@@H](O)C[C@@H]12. The Balaban J connectivity index is 1.21. The quantitative estimate of drug-likeness (QED) is 0.303. The van der Waals surface area contributed by atoms with E-state index in [0.717, 1.165) is 62.2 Å². The van der Waals surface area contributed by atoms with Crippen LogP contribution in [0.4, 0.5) is 4.79 Å². The lowest BCUT2D eigenvalue weighted by Gasteiger charge is -2.63. The van der Waals surface area contributed by atoms with Crippen molar-refractivity contribution in [3.05, 3.63) is 0 Å². The van der Waals surface area contributed by atoms with Gasteiger partial charge in [0, 0.05) is 6.04 Å². The van der Waals surface area contributed by atoms with Crippen molar-refractivity contribution in [2.45, 2.75) is 148 Å². The molecule has 0 heterocycles. The molecular formula is C33H58N2O4S. The van der Waals surface area contributed by atoms with Gasteiger partial charge in [0.1, 0.15) is 0 Å². The van der Waals surface area contributed by atoms with Crippen molar-refractivity contribution in [2.75, 3.05) is 0 Å². The molecule has 2 amide bonds. The molecule has 0 aromatic heterocycles. The molecule has 0 spiro atoms. The summed E-state index contributed by atoms with van der Waals surface area (Å²) in [5.41, 5.74) is 0.736. The Labute approximate surface area is 244 Å². The molecule has 7 heteroatoms. The van der Waals surface area contributed by atoms with Crippen molar-refractivity contribution in [3.63, 3.8) is 0 Å². The summed E-state index contributed by atoms with van der Waals surface area (Å²) in [4.78, 5) is 12.7. The lowest BCUT2D eigenvalue weighted by molar-refractivity contribution is -0.152. The number of urea groups is 1. The zero-order valence-corrected chi connectivity index (χ0v) is 26.8. The van der Waals surface area contributed by atoms with E-state index in [1.165, 1.54) is 44.9 Å². The number of sulfonamides is 1. The summed E-state index contributed by atoms with van der Waals surface area (Å²) < 4.78 is 27.8. The van der Waals surface area contributed by atoms with Gasteiger partial charge in [0.2, 0.25) is 10.0 Å². The largest absolute Gasteiger partial charge is 0.393 e. The summed E-state index contributed by atoms with van der Waals surface area (Å²) in [7, 11) is -3.61. The minimum absolute atomic E-state index is 0.0666. The van der Waals surface area contributed by atoms with Crippen molar-refractivity contribution < 1.29 is 18.3 Å². The first-order chi connectivity index (χ1) is 18.9. The molecule has 0 aliphatic heterocycles. The highest BCUT2D eigenvalue weighted by Gasteiger charge is 2.62. The highest BCUT2D eigenvalue weighted by molar-refractivity contribution is 7.90. The summed E-state index contributed by atoms with van der Waals surface area (Å²) in [6.07, 6.45) is 16.0. The number of nitrogens with one attached hydrogen (secondary N) is 2. The van der Waals surface area contributed by atoms with E-state index in [4.69, 9.17) is 0 Å². The predicted octanol–water partition coefficient (Wildman–Crippen LogP) is 7.02. The van der Waals surface area contributed by atoms with Crippen LogP contribution in [0.2, 0.25) is 0 Å². The fourth-order valence-corrected chi connectivity index (χ4v) is 13.0. The lowest BCUT2D eigenvalue weighted by atomic mass is 9.42. The predicted molar refractivity (Wildman–Crippen MR) is 161 cm³/mol. The van der Waals surface area contributed by atoms with E-state index in [1.54, 1.807) is 0 Å². The van der Waals surface area contributed by atoms with Gasteiger partial charge in [-0.1, -0.05) is 53.4 Å². The third-order valence-electron chi connectivity index (χ3n) is 13.4. The minimum Gasteiger partial charge on any atom is -0.393 e. The van der Waals surface area contributed by atoms with Gasteiger partial charge in [0.15, 0.2) is 0 Å². The number of fused-ring (bicyclic) bond motifs is 5. The number of hydrogen-bond donors (Lipinski definition) is 3. The number of hydrogen-bond acceptors (Lipinski definition) is 4. The van der Waals surface area contributed by atoms with Crippen LogP contribution in [0.15, 0.2) is 0 Å². The van der Waals surface area contributed by atoms with Gasteiger partial charge >= 0.3 is 6.03 Å². The molecule has 0 bridgehead atoms. The van der Waals surface area contributed by atoms with Crippen molar-refractivity contribution in [1.29, 1.82) is 0 Å². The number of rotatable bonds is 7. The monoisotopic (exact) mass is 578 g/mol. The first kappa shape index (κ1) is 30.6. The van der Waals surface area contributed by atoms with Crippen molar-refractivity contribution in [1.82, 2.24) is 10.0 Å². The molecule has 0 radical (unpaired) electrons. The molecular weight excluding hydrogens is 520 g/mol. The molecule has 5 aliphatic rings. The second-order valence-corrected chi connectivity index (χ2v) is 17.5. The van der Waals surface area contributed by atoms with Gasteiger partial charge in [-0.2, -0.15) is 0 Å². The van der Waals surface area contributed by atoms with Gasteiger partial charge in [0.25, 0.3) is 0 Å². The molecule has 0 saturated heterocycles. The number of aliphatic hydroxyl groups excluding tert-OH is 1. The Hall–Kier alpha value is -0.820. The van der Waals surface area contributed by atoms with Crippen LogP contribution in [0, 0.1) is 52.3 Å². The van der Waals surface area contributed by atoms with E-state index in [9.17, 15) is 18.3 Å². The number of amides is 2. The molecule has 2 unspecified atom stereocenters. The lowest BCUT2D eigenvalue weighted by Crippen LogP contribution is -2.56. The molecule has 5 rings (SSSR count). The van der Waals surface area contributed by atoms with Crippen LogP contribution in [-0.4, -0.2) is 37.0 Å². The van der Waals surface area contributed by atoms with Crippen LogP contribution >= 0.6 is 0 Å². The minimum atomic E-state index is -3.61. The fourth-order valence-electron chi connectivity index (χ4n) is 11.5. The second-order valence-electron chi connectivity index (χ2n) is 15.5. The van der Waals surface area contributed by atoms with Crippen LogP contribution in [0.25, 0.3) is 0 Å². The fraction of sp³-hybridized carbons (Fsp3) is 0.970. The molecule has 0 aromatic rings. The summed E-state index contributed by atoms with van der Waals surface area (Å²) in [6, 6.07) is -0.627. The molecule has 40 heavy (non-hydrogen) atoms. The maximum absolute atomic E-state index is 12.7. The van der Waals surface area contributed by atoms with Gasteiger partial charge in [-0.15, -0.1) is 0 Å². The van der Waals surface area contributed by atoms with Gasteiger partial charge in [0.05, 0.1) is 11.4 Å². The summed E-state index contributed by atoms with van der Waals surface area (Å²) >= 11 is 0. The molecule has 5 aliphatic carbocycles. The van der Waals surface area contributed by atoms with E-state index in [0.29, 0.717) is 41.4 Å². The third kappa shape index (κ3) is 5.61. The van der Waals surface area contributed by atoms with Gasteiger partial charge in [-0.3, -0.25) is 0 Å². The Morgan fingerprint density at radius 2 is 1.57 bits per heavy atom. The smallest absolute Gasteiger partial charge is 0.328 e. The standard InChI is InChI=1S/C33H58N2O4S/c1-6-23-19-26-28-13-12-27(32(28,4)17-15-29(26)33(5)16-14-24(36)20-30(23)33)21(2)18-22(3)34-31(37)35-40(38,39)25-10-8-7-9-11-25/h21-30,36H,6-20H2,1-5H3,(H2,34,35,37)/t21-,22+,23+,24-,26+,27?,28+,29?,30+,32-,33-/m1/s1. The first-order valence-electron chi connectivity index (χ1n) is 16.9. The van der Waals surface area contributed by atoms with Crippen molar-refractivity contribution in [3.8, 4) is 0 Å². The average Bonchev–Trinajstić information content (AvgIpc) is 3.26. The molecule has 230 valence electrons. The summed E-state index contributed by atoms with van der Waals surface area (Å²) in [6.45, 7) is 11.9. The van der Waals surface area contributed by atoms with Crippen molar-refractivity contribution >= 4 is 16.1 Å². The molecule has 11 atom stereocenters. The zero-order chi connectivity index (χ0) is 28.9. The van der Waals surface area contributed by atoms with E-state index >= 15 is 0 Å². The Kier molecular flexibility index (Phi) is 8.96. The molecule has 6 nitrogen and oxygen atoms in total. The first-order valence-corrected chi connectivity index (χ1v) is 18.4. The molecule has 5 fully saturated rings. The number of carbonyl (C=O) groups is 1. The van der Waals surface area contributed by atoms with Crippen LogP contribution in [0.5, 0.6) is 0 Å². The normalized spacial score (nSPS) is 43.6. The highest BCUT2D eigenvalue weighted by atomic mass is 32.2. The highest BCUT2D eigenvalue weighted by Crippen LogP contribution is 2.69. The van der Waals surface area contributed by atoms with Gasteiger partial charge in [-0.05, 0) is 130 Å². The Morgan fingerprint density at radius 3 is 2.27 bits per heavy atom. The van der Waals surface area contributed by atoms with Crippen LogP contribution < -0.4 is 10.0 Å². The summed E-state index contributed by atoms with van der Waals surface area (Å²) in [5, 5.41) is 13.1. The number of carbonyl (C=O) groups excluding carboxylic acids is 1. The summed E-state index contributed by atoms with van der Waals surface area (Å²) in [5.74, 6) is 4.95. The molecule has 5 saturated carbocycles. The molecule has 0 aromatic carbocycles. The maximum atomic E-state index is 12.7. The van der Waals surface area contributed by atoms with Gasteiger partial charge < -0.3 is 10.4 Å². The van der Waals surface area contributed by atoms with Gasteiger partial charge in [-0.25, -0.2) is 17.9 Å². The maximum Gasteiger partial charge on any atom is 0.328 e. The zero-order valence-electron chi connectivity index (χ0n) is 26.0. The Morgan fingerprint density at radius 1 is 0.900 bits per heavy atom. The van der Waals surface area contributed by atoms with Crippen molar-refractivity contribution in [2.24, 2.45) is 52.3 Å². The van der Waals surface area contributed by atoms with Crippen LogP contribution in [0.1, 0.15) is 131 Å². The molecule has 3 N–H and O–H groups in total. The van der Waals surface area contributed by atoms with E-state index in [2.05, 4.69) is 37.7 Å². The topological polar surface area (TPSA) is 95.5 Å². The van der Waals surface area contributed by atoms with Crippen LogP contribution in [0.3, 0.4) is 0 Å². The van der Waals surface area contributed by atoms with Crippen LogP contribution in [-0.2, 0) is 10.0 Å². The third-order valence-corrected chi connectivity index (χ3v) is 15.2. The average molecular weight is 579 g/mol.